The number of rotatable bonds is 5. The number of anilines is 2. The number of aromatic nitrogens is 1. The highest BCUT2D eigenvalue weighted by Gasteiger charge is 2.38. The number of nitrogens with one attached hydrogen (secondary N) is 1. The Balaban J connectivity index is 1.69. The summed E-state index contributed by atoms with van der Waals surface area (Å²) in [6.07, 6.45) is 0. The lowest BCUT2D eigenvalue weighted by molar-refractivity contribution is 0.0926. The van der Waals surface area contributed by atoms with Crippen LogP contribution in [0.15, 0.2) is 60.7 Å². The fourth-order valence-electron chi connectivity index (χ4n) is 3.25. The second-order valence-corrected chi connectivity index (χ2v) is 6.37. The molecule has 150 valence electrons. The zero-order valence-electron chi connectivity index (χ0n) is 16.2. The predicted octanol–water partition coefficient (Wildman–Crippen LogP) is 3.15. The standard InChI is InChI=1S/C22H17N3O5/c1-29-18-12-11-16(20(24-18)30-2)23-19(26)15-9-5-6-10-17(15)25-21(27)13-7-3-4-8-14(13)22(25)28/h3-12H,1-2H3,(H,23,26). The summed E-state index contributed by atoms with van der Waals surface area (Å²) in [5.74, 6) is -0.969. The van der Waals surface area contributed by atoms with Crippen molar-refractivity contribution in [1.29, 1.82) is 0 Å². The zero-order chi connectivity index (χ0) is 21.3. The molecule has 8 heteroatoms. The number of benzene rings is 2. The molecule has 2 aromatic carbocycles. The molecule has 1 aliphatic heterocycles. The Kier molecular flexibility index (Phi) is 4.89. The van der Waals surface area contributed by atoms with E-state index in [2.05, 4.69) is 10.3 Å². The molecule has 0 radical (unpaired) electrons. The van der Waals surface area contributed by atoms with Gasteiger partial charge in [0.2, 0.25) is 11.8 Å². The second kappa shape index (κ2) is 7.67. The molecule has 1 N–H and O–H groups in total. The first-order valence-corrected chi connectivity index (χ1v) is 9.02. The van der Waals surface area contributed by atoms with Gasteiger partial charge >= 0.3 is 0 Å². The van der Waals surface area contributed by atoms with E-state index < -0.39 is 17.7 Å². The summed E-state index contributed by atoms with van der Waals surface area (Å²) in [4.78, 5) is 43.9. The molecule has 2 heterocycles. The number of methoxy groups -OCH3 is 2. The first-order chi connectivity index (χ1) is 14.5. The van der Waals surface area contributed by atoms with E-state index in [4.69, 9.17) is 9.47 Å². The first kappa shape index (κ1) is 19.1. The predicted molar refractivity (Wildman–Crippen MR) is 109 cm³/mol. The van der Waals surface area contributed by atoms with Gasteiger partial charge in [0.05, 0.1) is 36.6 Å². The van der Waals surface area contributed by atoms with E-state index in [1.54, 1.807) is 54.6 Å². The Labute approximate surface area is 172 Å². The summed E-state index contributed by atoms with van der Waals surface area (Å²) in [6.45, 7) is 0. The van der Waals surface area contributed by atoms with Crippen molar-refractivity contribution in [3.8, 4) is 11.8 Å². The molecule has 1 aliphatic rings. The van der Waals surface area contributed by atoms with Crippen molar-refractivity contribution in [3.63, 3.8) is 0 Å². The molecule has 0 spiro atoms. The van der Waals surface area contributed by atoms with Crippen molar-refractivity contribution >= 4 is 29.1 Å². The molecular weight excluding hydrogens is 386 g/mol. The maximum Gasteiger partial charge on any atom is 0.266 e. The minimum atomic E-state index is -0.521. The molecular formula is C22H17N3O5. The maximum atomic E-state index is 13.0. The molecule has 0 bridgehead atoms. The van der Waals surface area contributed by atoms with E-state index in [9.17, 15) is 14.4 Å². The van der Waals surface area contributed by atoms with E-state index in [-0.39, 0.29) is 17.1 Å². The number of nitrogens with zero attached hydrogens (tertiary/aromatic N) is 2. The Morgan fingerprint density at radius 2 is 1.50 bits per heavy atom. The van der Waals surface area contributed by atoms with Gasteiger partial charge in [0.25, 0.3) is 17.7 Å². The molecule has 3 amide bonds. The van der Waals surface area contributed by atoms with E-state index >= 15 is 0 Å². The van der Waals surface area contributed by atoms with E-state index in [0.29, 0.717) is 22.7 Å². The summed E-state index contributed by atoms with van der Waals surface area (Å²) < 4.78 is 10.3. The van der Waals surface area contributed by atoms with Gasteiger partial charge in [-0.1, -0.05) is 24.3 Å². The van der Waals surface area contributed by atoms with Gasteiger partial charge in [-0.15, -0.1) is 0 Å². The summed E-state index contributed by atoms with van der Waals surface area (Å²) >= 11 is 0. The number of imide groups is 1. The average Bonchev–Trinajstić information content (AvgIpc) is 3.04. The van der Waals surface area contributed by atoms with Gasteiger partial charge in [-0.2, -0.15) is 4.98 Å². The summed E-state index contributed by atoms with van der Waals surface area (Å²) in [7, 11) is 2.89. The summed E-state index contributed by atoms with van der Waals surface area (Å²) in [6, 6.07) is 16.1. The van der Waals surface area contributed by atoms with Crippen molar-refractivity contribution in [1.82, 2.24) is 4.98 Å². The summed E-state index contributed by atoms with van der Waals surface area (Å²) in [5.41, 5.74) is 1.28. The normalized spacial score (nSPS) is 12.5. The topological polar surface area (TPSA) is 97.8 Å². The SMILES string of the molecule is COc1ccc(NC(=O)c2ccccc2N2C(=O)c3ccccc3C2=O)c(OC)n1. The molecule has 30 heavy (non-hydrogen) atoms. The van der Waals surface area contributed by atoms with Crippen LogP contribution in [-0.2, 0) is 0 Å². The molecule has 0 fully saturated rings. The van der Waals surface area contributed by atoms with Crippen LogP contribution in [0.5, 0.6) is 11.8 Å². The molecule has 8 nitrogen and oxygen atoms in total. The number of fused-ring (bicyclic) bond motifs is 1. The third kappa shape index (κ3) is 3.14. The van der Waals surface area contributed by atoms with Crippen LogP contribution in [0.4, 0.5) is 11.4 Å². The minimum Gasteiger partial charge on any atom is -0.481 e. The largest absolute Gasteiger partial charge is 0.481 e. The average molecular weight is 403 g/mol. The number of para-hydroxylation sites is 1. The van der Waals surface area contributed by atoms with Crippen LogP contribution in [-0.4, -0.2) is 36.9 Å². The van der Waals surface area contributed by atoms with Crippen LogP contribution < -0.4 is 19.7 Å². The van der Waals surface area contributed by atoms with Crippen LogP contribution in [0.25, 0.3) is 0 Å². The second-order valence-electron chi connectivity index (χ2n) is 6.37. The highest BCUT2D eigenvalue weighted by Crippen LogP contribution is 2.32. The van der Waals surface area contributed by atoms with E-state index in [1.165, 1.54) is 20.3 Å². The minimum absolute atomic E-state index is 0.157. The Hall–Kier alpha value is -4.20. The Morgan fingerprint density at radius 3 is 2.13 bits per heavy atom. The maximum absolute atomic E-state index is 13.0. The van der Waals surface area contributed by atoms with Gasteiger partial charge in [-0.05, 0) is 30.3 Å². The van der Waals surface area contributed by atoms with Crippen molar-refractivity contribution in [3.05, 3.63) is 77.4 Å². The number of pyridine rings is 1. The number of carbonyl (C=O) groups excluding carboxylic acids is 3. The molecule has 0 unspecified atom stereocenters. The highest BCUT2D eigenvalue weighted by atomic mass is 16.5. The Bertz CT molecular complexity index is 1140. The third-order valence-electron chi connectivity index (χ3n) is 4.67. The first-order valence-electron chi connectivity index (χ1n) is 9.02. The fourth-order valence-corrected chi connectivity index (χ4v) is 3.25. The third-order valence-corrected chi connectivity index (χ3v) is 4.67. The number of ether oxygens (including phenoxy) is 2. The molecule has 0 saturated carbocycles. The van der Waals surface area contributed by atoms with Crippen LogP contribution in [0.2, 0.25) is 0 Å². The van der Waals surface area contributed by atoms with Crippen molar-refractivity contribution < 1.29 is 23.9 Å². The number of carbonyl (C=O) groups is 3. The van der Waals surface area contributed by atoms with Gasteiger partial charge in [0, 0.05) is 6.07 Å². The van der Waals surface area contributed by atoms with Crippen molar-refractivity contribution in [2.45, 2.75) is 0 Å². The lowest BCUT2D eigenvalue weighted by atomic mass is 10.1. The van der Waals surface area contributed by atoms with Gasteiger partial charge in [0.15, 0.2) is 0 Å². The van der Waals surface area contributed by atoms with Crippen molar-refractivity contribution in [2.24, 2.45) is 0 Å². The molecule has 0 atom stereocenters. The number of hydrogen-bond donors (Lipinski definition) is 1. The quantitative estimate of drug-likeness (QED) is 0.657. The van der Waals surface area contributed by atoms with Crippen LogP contribution in [0.1, 0.15) is 31.1 Å². The molecule has 1 aromatic heterocycles. The Morgan fingerprint density at radius 1 is 0.867 bits per heavy atom. The monoisotopic (exact) mass is 403 g/mol. The van der Waals surface area contributed by atoms with Crippen LogP contribution >= 0.6 is 0 Å². The fraction of sp³-hybridized carbons (Fsp3) is 0.0909. The van der Waals surface area contributed by atoms with Crippen LogP contribution in [0, 0.1) is 0 Å². The van der Waals surface area contributed by atoms with Gasteiger partial charge < -0.3 is 14.8 Å². The lowest BCUT2D eigenvalue weighted by Crippen LogP contribution is -2.31. The van der Waals surface area contributed by atoms with Crippen molar-refractivity contribution in [2.75, 3.05) is 24.4 Å². The molecule has 0 saturated heterocycles. The molecule has 3 aromatic rings. The summed E-state index contributed by atoms with van der Waals surface area (Å²) in [5, 5.41) is 2.71. The van der Waals surface area contributed by atoms with Gasteiger partial charge in [-0.3, -0.25) is 14.4 Å². The number of amides is 3. The molecule has 4 rings (SSSR count). The highest BCUT2D eigenvalue weighted by molar-refractivity contribution is 6.35. The smallest absolute Gasteiger partial charge is 0.266 e. The van der Waals surface area contributed by atoms with Gasteiger partial charge in [0.1, 0.15) is 5.69 Å². The zero-order valence-corrected chi connectivity index (χ0v) is 16.2. The number of hydrogen-bond acceptors (Lipinski definition) is 6. The molecule has 0 aliphatic carbocycles. The van der Waals surface area contributed by atoms with Crippen LogP contribution in [0.3, 0.4) is 0 Å². The van der Waals surface area contributed by atoms with Gasteiger partial charge in [-0.25, -0.2) is 4.90 Å². The lowest BCUT2D eigenvalue weighted by Gasteiger charge is -2.18. The van der Waals surface area contributed by atoms with E-state index in [1.807, 2.05) is 0 Å². The van der Waals surface area contributed by atoms with E-state index in [0.717, 1.165) is 4.90 Å².